The molecule has 2 aromatic rings. The van der Waals surface area contributed by atoms with Crippen LogP contribution >= 0.6 is 0 Å². The van der Waals surface area contributed by atoms with E-state index in [4.69, 9.17) is 18.9 Å². The minimum Gasteiger partial charge on any atom is -0.497 e. The summed E-state index contributed by atoms with van der Waals surface area (Å²) in [6, 6.07) is 14.4. The van der Waals surface area contributed by atoms with E-state index in [1.54, 1.807) is 55.8 Å². The van der Waals surface area contributed by atoms with Gasteiger partial charge in [0.25, 0.3) is 11.8 Å². The molecule has 2 aliphatic heterocycles. The van der Waals surface area contributed by atoms with Crippen LogP contribution in [0.25, 0.3) is 0 Å². The van der Waals surface area contributed by atoms with Gasteiger partial charge in [-0.1, -0.05) is 24.3 Å². The Morgan fingerprint density at radius 2 is 1.09 bits per heavy atom. The van der Waals surface area contributed by atoms with E-state index in [0.29, 0.717) is 36.5 Å². The molecule has 4 fully saturated rings. The highest BCUT2D eigenvalue weighted by Crippen LogP contribution is 2.46. The van der Waals surface area contributed by atoms with E-state index in [1.807, 2.05) is 36.4 Å². The van der Waals surface area contributed by atoms with E-state index in [-0.39, 0.29) is 30.7 Å². The molecule has 0 bridgehead atoms. The Balaban J connectivity index is 0.000000237. The van der Waals surface area contributed by atoms with Crippen molar-refractivity contribution in [2.75, 3.05) is 14.2 Å². The second kappa shape index (κ2) is 15.3. The summed E-state index contributed by atoms with van der Waals surface area (Å²) in [6.07, 6.45) is 2.69. The molecule has 0 aromatic heterocycles. The van der Waals surface area contributed by atoms with E-state index in [1.165, 1.54) is 5.56 Å². The van der Waals surface area contributed by atoms with Gasteiger partial charge >= 0.3 is 24.2 Å². The van der Waals surface area contributed by atoms with E-state index in [2.05, 4.69) is 22.8 Å². The summed E-state index contributed by atoms with van der Waals surface area (Å²) in [5, 5.41) is 5.13. The van der Waals surface area contributed by atoms with Crippen molar-refractivity contribution in [2.45, 2.75) is 127 Å². The number of rotatable bonds is 4. The Labute approximate surface area is 316 Å². The number of ether oxygens (including phenoxy) is 4. The Hall–Kier alpha value is -5.14. The molecule has 14 heteroatoms. The Bertz CT molecular complexity index is 1740. The Morgan fingerprint density at radius 3 is 1.48 bits per heavy atom. The lowest BCUT2D eigenvalue weighted by Crippen LogP contribution is -2.55. The molecule has 2 spiro atoms. The Kier molecular flexibility index (Phi) is 11.4. The van der Waals surface area contributed by atoms with Gasteiger partial charge in [0.05, 0.1) is 14.2 Å². The summed E-state index contributed by atoms with van der Waals surface area (Å²) in [4.78, 5) is 77.2. The fourth-order valence-corrected chi connectivity index (χ4v) is 7.65. The van der Waals surface area contributed by atoms with Crippen molar-refractivity contribution in [3.8, 4) is 11.5 Å². The highest BCUT2D eigenvalue weighted by atomic mass is 16.6. The second-order valence-electron chi connectivity index (χ2n) is 16.3. The molecule has 54 heavy (non-hydrogen) atoms. The third-order valence-corrected chi connectivity index (χ3v) is 10.4. The topological polar surface area (TPSA) is 170 Å². The normalized spacial score (nSPS) is 25.5. The average Bonchev–Trinajstić information content (AvgIpc) is 3.50. The monoisotopic (exact) mass is 748 g/mol. The predicted molar refractivity (Wildman–Crippen MR) is 197 cm³/mol. The third-order valence-electron chi connectivity index (χ3n) is 10.4. The quantitative estimate of drug-likeness (QED) is 0.306. The maximum absolute atomic E-state index is 13.6. The zero-order chi connectivity index (χ0) is 39.6. The maximum atomic E-state index is 13.6. The molecule has 0 radical (unpaired) electrons. The smallest absolute Gasteiger partial charge is 0.425 e. The van der Waals surface area contributed by atoms with Crippen LogP contribution < -0.4 is 20.1 Å². The van der Waals surface area contributed by atoms with Crippen molar-refractivity contribution in [3.63, 3.8) is 0 Å². The number of carbonyl (C=O) groups excluding carboxylic acids is 6. The highest BCUT2D eigenvalue weighted by molar-refractivity contribution is 6.20. The fourth-order valence-electron chi connectivity index (χ4n) is 7.65. The lowest BCUT2D eigenvalue weighted by Gasteiger charge is -2.40. The lowest BCUT2D eigenvalue weighted by molar-refractivity contribution is -0.134. The molecule has 14 nitrogen and oxygen atoms in total. The summed E-state index contributed by atoms with van der Waals surface area (Å²) < 4.78 is 21.1. The standard InChI is InChI=1S/C25H34N2O7.C15H18N2O3/c1-23(2,3)33-21(30)26-19(28)25(27(20(26)29)22(31)34-24(4,5)6)14-12-17(13-15-25)16-8-10-18(32-7)11-9-16;1-20-12-4-2-10(3-5-12)11-6-8-15(9-7-11)13(18)16-14(19)17-15/h8-11,17H,12-15H2,1-7H3;2-5,11H,6-9H2,1H3,(H2,16,17,18,19). The number of imide groups is 5. The van der Waals surface area contributed by atoms with Gasteiger partial charge in [0.1, 0.15) is 33.8 Å². The van der Waals surface area contributed by atoms with Crippen LogP contribution in [0.15, 0.2) is 48.5 Å². The molecule has 8 amide bonds. The lowest BCUT2D eigenvalue weighted by atomic mass is 9.73. The van der Waals surface area contributed by atoms with Gasteiger partial charge in [0, 0.05) is 0 Å². The van der Waals surface area contributed by atoms with Crippen LogP contribution in [0.4, 0.5) is 19.2 Å². The summed E-state index contributed by atoms with van der Waals surface area (Å²) in [7, 11) is 3.25. The van der Waals surface area contributed by atoms with Crippen molar-refractivity contribution < 1.29 is 47.7 Å². The van der Waals surface area contributed by atoms with Gasteiger partial charge in [0.2, 0.25) is 0 Å². The van der Waals surface area contributed by atoms with E-state index in [9.17, 15) is 28.8 Å². The average molecular weight is 749 g/mol. The van der Waals surface area contributed by atoms with Gasteiger partial charge in [0.15, 0.2) is 0 Å². The second-order valence-corrected chi connectivity index (χ2v) is 16.3. The van der Waals surface area contributed by atoms with Crippen LogP contribution in [-0.2, 0) is 19.1 Å². The number of hydrogen-bond donors (Lipinski definition) is 2. The Morgan fingerprint density at radius 1 is 0.667 bits per heavy atom. The van der Waals surface area contributed by atoms with Crippen molar-refractivity contribution >= 4 is 36.1 Å². The van der Waals surface area contributed by atoms with Crippen LogP contribution in [0.1, 0.15) is 116 Å². The molecule has 4 aliphatic rings. The number of nitrogens with zero attached hydrogens (tertiary/aromatic N) is 2. The van der Waals surface area contributed by atoms with Gasteiger partial charge in [-0.3, -0.25) is 14.9 Å². The third kappa shape index (κ3) is 8.47. The van der Waals surface area contributed by atoms with Crippen LogP contribution in [-0.4, -0.2) is 82.4 Å². The summed E-state index contributed by atoms with van der Waals surface area (Å²) >= 11 is 0. The van der Waals surface area contributed by atoms with E-state index in [0.717, 1.165) is 34.8 Å². The van der Waals surface area contributed by atoms with Crippen molar-refractivity contribution in [1.29, 1.82) is 0 Å². The summed E-state index contributed by atoms with van der Waals surface area (Å²) in [5.41, 5.74) is -1.61. The molecule has 2 aromatic carbocycles. The predicted octanol–water partition coefficient (Wildman–Crippen LogP) is 7.16. The summed E-state index contributed by atoms with van der Waals surface area (Å²) in [6.45, 7) is 9.93. The van der Waals surface area contributed by atoms with Crippen molar-refractivity contribution in [2.24, 2.45) is 0 Å². The highest BCUT2D eigenvalue weighted by Gasteiger charge is 2.64. The summed E-state index contributed by atoms with van der Waals surface area (Å²) in [5.74, 6) is 1.26. The fraction of sp³-hybridized carbons (Fsp3) is 0.550. The van der Waals surface area contributed by atoms with Crippen LogP contribution in [0.5, 0.6) is 11.5 Å². The van der Waals surface area contributed by atoms with Gasteiger partial charge in [-0.25, -0.2) is 24.1 Å². The molecule has 2 heterocycles. The van der Waals surface area contributed by atoms with Crippen LogP contribution in [0, 0.1) is 0 Å². The van der Waals surface area contributed by atoms with E-state index >= 15 is 0 Å². The number of urea groups is 2. The van der Waals surface area contributed by atoms with Gasteiger partial charge in [-0.15, -0.1) is 0 Å². The van der Waals surface area contributed by atoms with Crippen LogP contribution in [0.3, 0.4) is 0 Å². The minimum atomic E-state index is -1.49. The number of methoxy groups -OCH3 is 2. The molecule has 2 N–H and O–H groups in total. The van der Waals surface area contributed by atoms with Crippen molar-refractivity contribution in [3.05, 3.63) is 59.7 Å². The first-order chi connectivity index (χ1) is 25.3. The molecule has 2 saturated heterocycles. The van der Waals surface area contributed by atoms with Crippen LogP contribution in [0.2, 0.25) is 0 Å². The first kappa shape index (κ1) is 40.1. The van der Waals surface area contributed by atoms with Gasteiger partial charge in [-0.2, -0.15) is 4.90 Å². The molecular formula is C40H52N4O10. The molecule has 0 atom stereocenters. The number of amides is 8. The minimum absolute atomic E-state index is 0.135. The van der Waals surface area contributed by atoms with Gasteiger partial charge in [-0.05, 0) is 140 Å². The molecule has 6 rings (SSSR count). The first-order valence-corrected chi connectivity index (χ1v) is 18.4. The zero-order valence-electron chi connectivity index (χ0n) is 32.4. The number of nitrogens with one attached hydrogen (secondary N) is 2. The number of carbonyl (C=O) groups is 6. The number of benzene rings is 2. The molecule has 2 aliphatic carbocycles. The SMILES string of the molecule is COc1ccc(C2CCC3(CC2)C(=O)N(C(=O)OC(C)(C)C)C(=O)N3C(=O)OC(C)(C)C)cc1.COc1ccc(C2CCC3(CC2)NC(=O)NC3=O)cc1. The maximum Gasteiger partial charge on any atom is 0.425 e. The zero-order valence-corrected chi connectivity index (χ0v) is 32.4. The molecule has 0 unspecified atom stereocenters. The van der Waals surface area contributed by atoms with Crippen molar-refractivity contribution in [1.82, 2.24) is 20.4 Å². The largest absolute Gasteiger partial charge is 0.497 e. The first-order valence-electron chi connectivity index (χ1n) is 18.4. The molecular weight excluding hydrogens is 696 g/mol. The number of hydrogen-bond acceptors (Lipinski definition) is 10. The van der Waals surface area contributed by atoms with E-state index < -0.39 is 46.4 Å². The molecule has 292 valence electrons. The molecule has 2 saturated carbocycles. The van der Waals surface area contributed by atoms with Gasteiger partial charge < -0.3 is 24.3 Å².